The van der Waals surface area contributed by atoms with Crippen molar-refractivity contribution in [2.75, 3.05) is 26.7 Å². The second-order valence-corrected chi connectivity index (χ2v) is 9.25. The van der Waals surface area contributed by atoms with Crippen LogP contribution in [0.15, 0.2) is 10.4 Å². The molecule has 1 aliphatic carbocycles. The average Bonchev–Trinajstić information content (AvgIpc) is 3.31. The molecule has 26 heavy (non-hydrogen) atoms. The van der Waals surface area contributed by atoms with E-state index in [0.717, 1.165) is 25.0 Å². The molecule has 2 N–H and O–H groups in total. The van der Waals surface area contributed by atoms with Crippen LogP contribution >= 0.6 is 35.3 Å². The molecule has 0 amide bonds. The molecular weight excluding hydrogens is 457 g/mol. The van der Waals surface area contributed by atoms with Crippen molar-refractivity contribution in [2.24, 2.45) is 4.99 Å². The van der Waals surface area contributed by atoms with E-state index in [1.54, 1.807) is 11.3 Å². The highest BCUT2D eigenvalue weighted by molar-refractivity contribution is 14.0. The van der Waals surface area contributed by atoms with E-state index < -0.39 is 0 Å². The molecule has 1 aromatic heterocycles. The number of rotatable bonds is 5. The molecule has 1 saturated carbocycles. The molecular formula is C19H34IN5S. The molecule has 7 heteroatoms. The van der Waals surface area contributed by atoms with Crippen LogP contribution in [0.2, 0.25) is 0 Å². The number of hydrogen-bond acceptors (Lipinski definition) is 4. The van der Waals surface area contributed by atoms with Crippen molar-refractivity contribution in [2.45, 2.75) is 70.4 Å². The summed E-state index contributed by atoms with van der Waals surface area (Å²) in [4.78, 5) is 11.8. The lowest BCUT2D eigenvalue weighted by atomic mass is 9.93. The summed E-state index contributed by atoms with van der Waals surface area (Å²) in [5.41, 5.74) is 1.33. The van der Waals surface area contributed by atoms with Gasteiger partial charge < -0.3 is 15.5 Å². The van der Waals surface area contributed by atoms with Gasteiger partial charge in [0.15, 0.2) is 5.96 Å². The van der Waals surface area contributed by atoms with Crippen LogP contribution in [0.1, 0.15) is 57.2 Å². The Bertz CT molecular complexity index is 583. The van der Waals surface area contributed by atoms with Gasteiger partial charge in [0.1, 0.15) is 0 Å². The Morgan fingerprint density at radius 1 is 1.27 bits per heavy atom. The third kappa shape index (κ3) is 6.34. The molecule has 3 rings (SSSR count). The average molecular weight is 491 g/mol. The number of nitrogens with one attached hydrogen (secondary N) is 2. The number of aromatic nitrogens is 1. The standard InChI is InChI=1S/C19H33N5S.HI/c1-19(2,3)16-13-25-17(23-16)7-10-21-18(20-4)22-14-8-11-24(12-9-14)15-5-6-15;/h13-15H,5-12H2,1-4H3,(H2,20,21,22);1H. The monoisotopic (exact) mass is 491 g/mol. The van der Waals surface area contributed by atoms with Gasteiger partial charge in [0, 0.05) is 56.0 Å². The number of halogens is 1. The van der Waals surface area contributed by atoms with Gasteiger partial charge in [-0.25, -0.2) is 4.98 Å². The van der Waals surface area contributed by atoms with Gasteiger partial charge in [0.05, 0.1) is 10.7 Å². The fourth-order valence-electron chi connectivity index (χ4n) is 3.29. The molecule has 1 aromatic rings. The fraction of sp³-hybridized carbons (Fsp3) is 0.789. The molecule has 1 aliphatic heterocycles. The van der Waals surface area contributed by atoms with Crippen LogP contribution in [0.25, 0.3) is 0 Å². The van der Waals surface area contributed by atoms with E-state index >= 15 is 0 Å². The van der Waals surface area contributed by atoms with Crippen molar-refractivity contribution in [3.05, 3.63) is 16.1 Å². The van der Waals surface area contributed by atoms with Gasteiger partial charge in [-0.1, -0.05) is 20.8 Å². The summed E-state index contributed by atoms with van der Waals surface area (Å²) in [6, 6.07) is 1.45. The van der Waals surface area contributed by atoms with E-state index in [1.807, 2.05) is 7.05 Å². The van der Waals surface area contributed by atoms with Gasteiger partial charge in [-0.15, -0.1) is 35.3 Å². The Morgan fingerprint density at radius 3 is 2.50 bits per heavy atom. The Hall–Kier alpha value is -0.410. The predicted molar refractivity (Wildman–Crippen MR) is 122 cm³/mol. The molecule has 0 aromatic carbocycles. The second kappa shape index (κ2) is 9.68. The van der Waals surface area contributed by atoms with Gasteiger partial charge in [-0.3, -0.25) is 4.99 Å². The zero-order valence-electron chi connectivity index (χ0n) is 16.5. The molecule has 2 fully saturated rings. The molecule has 0 atom stereocenters. The Morgan fingerprint density at radius 2 is 1.96 bits per heavy atom. The van der Waals surface area contributed by atoms with Crippen LogP contribution in [0.4, 0.5) is 0 Å². The molecule has 1 saturated heterocycles. The van der Waals surface area contributed by atoms with Crippen LogP contribution in [0.3, 0.4) is 0 Å². The van der Waals surface area contributed by atoms with E-state index in [4.69, 9.17) is 4.98 Å². The Kier molecular flexibility index (Phi) is 8.15. The van der Waals surface area contributed by atoms with E-state index in [9.17, 15) is 0 Å². The van der Waals surface area contributed by atoms with E-state index in [2.05, 4.69) is 46.7 Å². The number of thiazole rings is 1. The maximum absolute atomic E-state index is 4.76. The van der Waals surface area contributed by atoms with Gasteiger partial charge in [-0.05, 0) is 25.7 Å². The van der Waals surface area contributed by atoms with Crippen LogP contribution in [-0.2, 0) is 11.8 Å². The highest BCUT2D eigenvalue weighted by Crippen LogP contribution is 2.29. The van der Waals surface area contributed by atoms with Crippen molar-refractivity contribution in [3.8, 4) is 0 Å². The number of guanidine groups is 1. The third-order valence-electron chi connectivity index (χ3n) is 5.11. The first kappa shape index (κ1) is 21.9. The lowest BCUT2D eigenvalue weighted by Crippen LogP contribution is -2.49. The van der Waals surface area contributed by atoms with Gasteiger partial charge in [0.25, 0.3) is 0 Å². The Balaban J connectivity index is 0.00000243. The zero-order chi connectivity index (χ0) is 17.9. The predicted octanol–water partition coefficient (Wildman–Crippen LogP) is 3.39. The summed E-state index contributed by atoms with van der Waals surface area (Å²) in [7, 11) is 1.86. The highest BCUT2D eigenvalue weighted by atomic mass is 127. The second-order valence-electron chi connectivity index (χ2n) is 8.31. The maximum Gasteiger partial charge on any atom is 0.191 e. The summed E-state index contributed by atoms with van der Waals surface area (Å²) >= 11 is 1.76. The van der Waals surface area contributed by atoms with Gasteiger partial charge in [-0.2, -0.15) is 0 Å². The van der Waals surface area contributed by atoms with Crippen molar-refractivity contribution >= 4 is 41.3 Å². The normalized spacial score (nSPS) is 19.9. The summed E-state index contributed by atoms with van der Waals surface area (Å²) in [6.07, 6.45) is 6.21. The lowest BCUT2D eigenvalue weighted by Gasteiger charge is -2.33. The maximum atomic E-state index is 4.76. The van der Waals surface area contributed by atoms with Gasteiger partial charge >= 0.3 is 0 Å². The summed E-state index contributed by atoms with van der Waals surface area (Å²) in [6.45, 7) is 9.97. The topological polar surface area (TPSA) is 52.6 Å². The smallest absolute Gasteiger partial charge is 0.191 e. The van der Waals surface area contributed by atoms with Crippen LogP contribution in [0.5, 0.6) is 0 Å². The minimum Gasteiger partial charge on any atom is -0.356 e. The number of aliphatic imine (C=N–C) groups is 1. The van der Waals surface area contributed by atoms with E-state index in [0.29, 0.717) is 6.04 Å². The van der Waals surface area contributed by atoms with Crippen LogP contribution in [0, 0.1) is 0 Å². The minimum atomic E-state index is 0. The molecule has 0 spiro atoms. The molecule has 2 aliphatic rings. The lowest BCUT2D eigenvalue weighted by molar-refractivity contribution is 0.197. The molecule has 148 valence electrons. The van der Waals surface area contributed by atoms with Crippen molar-refractivity contribution in [1.29, 1.82) is 0 Å². The number of nitrogens with zero attached hydrogens (tertiary/aromatic N) is 3. The first-order chi connectivity index (χ1) is 12.0. The summed E-state index contributed by atoms with van der Waals surface area (Å²) < 4.78 is 0. The highest BCUT2D eigenvalue weighted by Gasteiger charge is 2.31. The number of hydrogen-bond donors (Lipinski definition) is 2. The molecule has 0 bridgehead atoms. The number of likely N-dealkylation sites (tertiary alicyclic amines) is 1. The molecule has 0 radical (unpaired) electrons. The van der Waals surface area contributed by atoms with Crippen molar-refractivity contribution in [3.63, 3.8) is 0 Å². The van der Waals surface area contributed by atoms with Crippen molar-refractivity contribution in [1.82, 2.24) is 20.5 Å². The SMILES string of the molecule is CN=C(NCCc1nc(C(C)(C)C)cs1)NC1CCN(C2CC2)CC1.I. The van der Waals surface area contributed by atoms with Gasteiger partial charge in [0.2, 0.25) is 0 Å². The largest absolute Gasteiger partial charge is 0.356 e. The van der Waals surface area contributed by atoms with E-state index in [1.165, 1.54) is 49.5 Å². The van der Waals surface area contributed by atoms with E-state index in [-0.39, 0.29) is 29.4 Å². The van der Waals surface area contributed by atoms with Crippen LogP contribution < -0.4 is 10.6 Å². The fourth-order valence-corrected chi connectivity index (χ4v) is 4.32. The quantitative estimate of drug-likeness (QED) is 0.377. The minimum absolute atomic E-state index is 0. The van der Waals surface area contributed by atoms with Crippen molar-refractivity contribution < 1.29 is 0 Å². The summed E-state index contributed by atoms with van der Waals surface area (Å²) in [5.74, 6) is 0.928. The Labute approximate surface area is 179 Å². The third-order valence-corrected chi connectivity index (χ3v) is 6.02. The zero-order valence-corrected chi connectivity index (χ0v) is 19.7. The number of piperidine rings is 1. The molecule has 0 unspecified atom stereocenters. The molecule has 5 nitrogen and oxygen atoms in total. The summed E-state index contributed by atoms with van der Waals surface area (Å²) in [5, 5.41) is 10.4. The van der Waals surface area contributed by atoms with Crippen LogP contribution in [-0.4, -0.2) is 54.6 Å². The molecule has 2 heterocycles. The first-order valence-corrected chi connectivity index (χ1v) is 10.5. The first-order valence-electron chi connectivity index (χ1n) is 9.62.